The Morgan fingerprint density at radius 3 is 2.31 bits per heavy atom. The second-order valence-electron chi connectivity index (χ2n) is 8.41. The molecule has 1 aliphatic heterocycles. The molecule has 188 valence electrons. The third-order valence-electron chi connectivity index (χ3n) is 5.74. The van der Waals surface area contributed by atoms with Crippen LogP contribution in [0.2, 0.25) is 0 Å². The average Bonchev–Trinajstić information content (AvgIpc) is 2.85. The number of nitrogens with one attached hydrogen (secondary N) is 3. The first-order chi connectivity index (χ1) is 17.3. The fourth-order valence-electron chi connectivity index (χ4n) is 3.98. The molecule has 0 unspecified atom stereocenters. The van der Waals surface area contributed by atoms with Gasteiger partial charge in [-0.05, 0) is 55.5 Å². The van der Waals surface area contributed by atoms with Crippen LogP contribution in [0.3, 0.4) is 0 Å². The van der Waals surface area contributed by atoms with Gasteiger partial charge in [0.25, 0.3) is 0 Å². The number of aryl methyl sites for hydroxylation is 1. The molecule has 0 saturated carbocycles. The Balaban J connectivity index is 1.42. The molecule has 0 spiro atoms. The fraction of sp³-hybridized carbons (Fsp3) is 0.280. The molecule has 0 bridgehead atoms. The van der Waals surface area contributed by atoms with Crippen LogP contribution < -0.4 is 16.0 Å². The minimum absolute atomic E-state index is 0.167. The van der Waals surface area contributed by atoms with Gasteiger partial charge < -0.3 is 25.6 Å². The quantitative estimate of drug-likeness (QED) is 0.433. The maximum atomic E-state index is 12.8. The lowest BCUT2D eigenvalue weighted by molar-refractivity contribution is -0.117. The molecule has 0 atom stereocenters. The van der Waals surface area contributed by atoms with E-state index in [2.05, 4.69) is 36.9 Å². The lowest BCUT2D eigenvalue weighted by Crippen LogP contribution is -2.50. The summed E-state index contributed by atoms with van der Waals surface area (Å²) in [6, 6.07) is 14.0. The lowest BCUT2D eigenvalue weighted by Gasteiger charge is -2.33. The van der Waals surface area contributed by atoms with Gasteiger partial charge in [-0.15, -0.1) is 0 Å². The van der Waals surface area contributed by atoms with E-state index in [1.807, 2.05) is 24.0 Å². The Bertz CT molecular complexity index is 1280. The smallest absolute Gasteiger partial charge is 0.409 e. The number of carbonyl (C=O) groups is 3. The normalized spacial score (nSPS) is 13.8. The number of nitrogens with zero attached hydrogens (tertiary/aromatic N) is 3. The maximum Gasteiger partial charge on any atom is 0.409 e. The van der Waals surface area contributed by atoms with Crippen molar-refractivity contribution in [3.63, 3.8) is 0 Å². The standard InChI is InChI=1S/C25H27BrN6O4/c1-16-13-22(30-23(33)15-31-9-11-32(12-10-31)25(35)36-2)20-14-19(7-8-21(20)27-16)29-24(34)28-18-5-3-17(26)4-6-18/h3-8,13-14H,9-12,15H2,1-2H3,(H,27,30,33)(H2,28,29,34). The van der Waals surface area contributed by atoms with Gasteiger partial charge in [0.15, 0.2) is 0 Å². The van der Waals surface area contributed by atoms with E-state index >= 15 is 0 Å². The van der Waals surface area contributed by atoms with Crippen LogP contribution in [0.25, 0.3) is 10.9 Å². The summed E-state index contributed by atoms with van der Waals surface area (Å²) in [5.74, 6) is -0.167. The summed E-state index contributed by atoms with van der Waals surface area (Å²) in [6.45, 7) is 4.24. The number of methoxy groups -OCH3 is 1. The van der Waals surface area contributed by atoms with Crippen LogP contribution >= 0.6 is 15.9 Å². The maximum absolute atomic E-state index is 12.8. The van der Waals surface area contributed by atoms with E-state index in [0.29, 0.717) is 54.1 Å². The van der Waals surface area contributed by atoms with Gasteiger partial charge in [0.2, 0.25) is 5.91 Å². The Hall–Kier alpha value is -3.70. The molecule has 3 aromatic rings. The van der Waals surface area contributed by atoms with Crippen molar-refractivity contribution in [1.29, 1.82) is 0 Å². The summed E-state index contributed by atoms with van der Waals surface area (Å²) in [5, 5.41) is 9.31. The van der Waals surface area contributed by atoms with Crippen LogP contribution in [0.15, 0.2) is 53.0 Å². The first kappa shape index (κ1) is 25.4. The van der Waals surface area contributed by atoms with Gasteiger partial charge in [0.1, 0.15) is 0 Å². The van der Waals surface area contributed by atoms with Crippen molar-refractivity contribution < 1.29 is 19.1 Å². The third-order valence-corrected chi connectivity index (χ3v) is 6.27. The molecule has 11 heteroatoms. The van der Waals surface area contributed by atoms with E-state index < -0.39 is 0 Å². The zero-order chi connectivity index (χ0) is 25.7. The van der Waals surface area contributed by atoms with Crippen LogP contribution in [0.4, 0.5) is 26.7 Å². The van der Waals surface area contributed by atoms with Gasteiger partial charge in [-0.1, -0.05) is 15.9 Å². The number of carbonyl (C=O) groups excluding carboxylic acids is 3. The van der Waals surface area contributed by atoms with Crippen molar-refractivity contribution in [2.24, 2.45) is 0 Å². The number of benzene rings is 2. The Morgan fingerprint density at radius 1 is 0.944 bits per heavy atom. The van der Waals surface area contributed by atoms with E-state index in [4.69, 9.17) is 4.74 Å². The summed E-state index contributed by atoms with van der Waals surface area (Å²) in [5.41, 5.74) is 3.31. The average molecular weight is 555 g/mol. The largest absolute Gasteiger partial charge is 0.453 e. The number of rotatable bonds is 5. The molecule has 10 nitrogen and oxygen atoms in total. The summed E-state index contributed by atoms with van der Waals surface area (Å²) in [4.78, 5) is 45.1. The zero-order valence-corrected chi connectivity index (χ0v) is 21.6. The third kappa shape index (κ3) is 6.49. The highest BCUT2D eigenvalue weighted by Gasteiger charge is 2.23. The van der Waals surface area contributed by atoms with Gasteiger partial charge in [0.05, 0.1) is 24.9 Å². The molecule has 3 N–H and O–H groups in total. The topological polar surface area (TPSA) is 116 Å². The van der Waals surface area contributed by atoms with Crippen LogP contribution in [0.1, 0.15) is 5.69 Å². The number of halogens is 1. The predicted molar refractivity (Wildman–Crippen MR) is 142 cm³/mol. The Labute approximate surface area is 217 Å². The van der Waals surface area contributed by atoms with Crippen LogP contribution in [0.5, 0.6) is 0 Å². The number of urea groups is 1. The SMILES string of the molecule is COC(=O)N1CCN(CC(=O)Nc2cc(C)nc3ccc(NC(=O)Nc4ccc(Br)cc4)cc23)CC1. The number of hydrogen-bond acceptors (Lipinski definition) is 6. The van der Waals surface area contributed by atoms with Crippen LogP contribution in [-0.4, -0.2) is 72.6 Å². The number of ether oxygens (including phenoxy) is 1. The van der Waals surface area contributed by atoms with Crippen molar-refractivity contribution >= 4 is 61.9 Å². The summed E-state index contributed by atoms with van der Waals surface area (Å²) in [7, 11) is 1.36. The first-order valence-corrected chi connectivity index (χ1v) is 12.2. The first-order valence-electron chi connectivity index (χ1n) is 11.4. The molecule has 1 aromatic heterocycles. The molecule has 4 rings (SSSR count). The number of hydrogen-bond donors (Lipinski definition) is 3. The summed E-state index contributed by atoms with van der Waals surface area (Å²) in [6.07, 6.45) is -0.354. The second kappa shape index (κ2) is 11.4. The molecule has 1 saturated heterocycles. The fourth-order valence-corrected chi connectivity index (χ4v) is 4.24. The Kier molecular flexibility index (Phi) is 8.01. The number of pyridine rings is 1. The minimum atomic E-state index is -0.381. The highest BCUT2D eigenvalue weighted by atomic mass is 79.9. The molecular weight excluding hydrogens is 528 g/mol. The van der Waals surface area contributed by atoms with Crippen molar-refractivity contribution in [1.82, 2.24) is 14.8 Å². The zero-order valence-electron chi connectivity index (χ0n) is 20.0. The highest BCUT2D eigenvalue weighted by molar-refractivity contribution is 9.10. The molecule has 1 aliphatic rings. The van der Waals surface area contributed by atoms with E-state index in [1.165, 1.54) is 7.11 Å². The Morgan fingerprint density at radius 2 is 1.61 bits per heavy atom. The van der Waals surface area contributed by atoms with E-state index in [0.717, 1.165) is 10.2 Å². The van der Waals surface area contributed by atoms with Crippen molar-refractivity contribution in [3.8, 4) is 0 Å². The predicted octanol–water partition coefficient (Wildman–Crippen LogP) is 4.27. The van der Waals surface area contributed by atoms with E-state index in [9.17, 15) is 14.4 Å². The van der Waals surface area contributed by atoms with Crippen LogP contribution in [0, 0.1) is 6.92 Å². The van der Waals surface area contributed by atoms with Gasteiger partial charge in [-0.25, -0.2) is 9.59 Å². The molecule has 1 fully saturated rings. The summed E-state index contributed by atoms with van der Waals surface area (Å²) >= 11 is 3.37. The monoisotopic (exact) mass is 554 g/mol. The van der Waals surface area contributed by atoms with Crippen molar-refractivity contribution in [2.75, 3.05) is 55.8 Å². The summed E-state index contributed by atoms with van der Waals surface area (Å²) < 4.78 is 5.68. The van der Waals surface area contributed by atoms with Crippen molar-refractivity contribution in [3.05, 3.63) is 58.7 Å². The van der Waals surface area contributed by atoms with E-state index in [-0.39, 0.29) is 24.6 Å². The van der Waals surface area contributed by atoms with Gasteiger partial charge in [0, 0.05) is 53.1 Å². The van der Waals surface area contributed by atoms with Gasteiger partial charge in [-0.2, -0.15) is 0 Å². The molecular formula is C25H27BrN6O4. The molecule has 36 heavy (non-hydrogen) atoms. The highest BCUT2D eigenvalue weighted by Crippen LogP contribution is 2.27. The lowest BCUT2D eigenvalue weighted by atomic mass is 10.1. The molecule has 4 amide bonds. The second-order valence-corrected chi connectivity index (χ2v) is 9.33. The number of aromatic nitrogens is 1. The number of anilines is 3. The molecule has 2 heterocycles. The molecule has 0 radical (unpaired) electrons. The molecule has 0 aliphatic carbocycles. The van der Waals surface area contributed by atoms with Crippen LogP contribution in [-0.2, 0) is 9.53 Å². The number of amides is 4. The number of fused-ring (bicyclic) bond motifs is 1. The van der Waals surface area contributed by atoms with Crippen molar-refractivity contribution in [2.45, 2.75) is 6.92 Å². The molecule has 2 aromatic carbocycles. The minimum Gasteiger partial charge on any atom is -0.453 e. The number of piperazine rings is 1. The van der Waals surface area contributed by atoms with Gasteiger partial charge >= 0.3 is 12.1 Å². The van der Waals surface area contributed by atoms with E-state index in [1.54, 1.807) is 41.3 Å². The van der Waals surface area contributed by atoms with Gasteiger partial charge in [-0.3, -0.25) is 14.7 Å².